The molecule has 0 heterocycles. The molecule has 1 aromatic carbocycles. The number of anilines is 1. The lowest BCUT2D eigenvalue weighted by atomic mass is 10.2. The van der Waals surface area contributed by atoms with E-state index in [2.05, 4.69) is 4.72 Å². The van der Waals surface area contributed by atoms with Gasteiger partial charge in [0.2, 0.25) is 0 Å². The molecule has 0 spiro atoms. The smallest absolute Gasteiger partial charge is 0.301 e. The molecule has 0 aliphatic carbocycles. The van der Waals surface area contributed by atoms with Gasteiger partial charge in [-0.1, -0.05) is 18.2 Å². The van der Waals surface area contributed by atoms with Gasteiger partial charge in [0, 0.05) is 19.7 Å². The van der Waals surface area contributed by atoms with Crippen LogP contribution >= 0.6 is 0 Å². The Morgan fingerprint density at radius 2 is 1.93 bits per heavy atom. The quantitative estimate of drug-likeness (QED) is 0.786. The molecule has 0 radical (unpaired) electrons. The summed E-state index contributed by atoms with van der Waals surface area (Å²) in [6.07, 6.45) is 0. The number of nitrogens with zero attached hydrogens (tertiary/aromatic N) is 1. The predicted molar refractivity (Wildman–Crippen MR) is 58.6 cm³/mol. The van der Waals surface area contributed by atoms with Crippen LogP contribution in [0.15, 0.2) is 24.3 Å². The fourth-order valence-corrected chi connectivity index (χ4v) is 1.65. The van der Waals surface area contributed by atoms with E-state index in [1.54, 1.807) is 24.3 Å². The summed E-state index contributed by atoms with van der Waals surface area (Å²) in [5.74, 6) is 0. The van der Waals surface area contributed by atoms with Gasteiger partial charge in [0.15, 0.2) is 0 Å². The van der Waals surface area contributed by atoms with E-state index in [0.29, 0.717) is 11.3 Å². The van der Waals surface area contributed by atoms with Crippen LogP contribution in [0.25, 0.3) is 0 Å². The summed E-state index contributed by atoms with van der Waals surface area (Å²) >= 11 is 0. The van der Waals surface area contributed by atoms with Gasteiger partial charge < -0.3 is 5.11 Å². The lowest BCUT2D eigenvalue weighted by molar-refractivity contribution is 0.282. The van der Waals surface area contributed by atoms with E-state index in [1.165, 1.54) is 14.1 Å². The molecule has 0 saturated carbocycles. The van der Waals surface area contributed by atoms with Crippen LogP contribution in [0, 0.1) is 0 Å². The molecule has 0 fully saturated rings. The van der Waals surface area contributed by atoms with Crippen LogP contribution in [-0.2, 0) is 16.8 Å². The van der Waals surface area contributed by atoms with Gasteiger partial charge in [0.05, 0.1) is 12.3 Å². The summed E-state index contributed by atoms with van der Waals surface area (Å²) in [5.41, 5.74) is 0.941. The van der Waals surface area contributed by atoms with E-state index in [9.17, 15) is 8.42 Å². The second-order valence-electron chi connectivity index (χ2n) is 3.20. The maximum Gasteiger partial charge on any atom is 0.301 e. The van der Waals surface area contributed by atoms with Gasteiger partial charge in [-0.05, 0) is 6.07 Å². The zero-order valence-electron chi connectivity index (χ0n) is 8.64. The average Bonchev–Trinajstić information content (AvgIpc) is 2.18. The Balaban J connectivity index is 3.00. The van der Waals surface area contributed by atoms with Gasteiger partial charge in [-0.15, -0.1) is 0 Å². The van der Waals surface area contributed by atoms with Crippen molar-refractivity contribution in [1.29, 1.82) is 0 Å². The van der Waals surface area contributed by atoms with Gasteiger partial charge >= 0.3 is 10.2 Å². The number of hydrogen-bond acceptors (Lipinski definition) is 3. The zero-order chi connectivity index (χ0) is 11.5. The monoisotopic (exact) mass is 230 g/mol. The van der Waals surface area contributed by atoms with Crippen LogP contribution < -0.4 is 4.72 Å². The highest BCUT2D eigenvalue weighted by Crippen LogP contribution is 2.16. The van der Waals surface area contributed by atoms with E-state index < -0.39 is 10.2 Å². The maximum absolute atomic E-state index is 11.5. The molecular formula is C9H14N2O3S. The molecule has 6 heteroatoms. The summed E-state index contributed by atoms with van der Waals surface area (Å²) in [4.78, 5) is 0. The van der Waals surface area contributed by atoms with Crippen molar-refractivity contribution in [3.63, 3.8) is 0 Å². The third-order valence-electron chi connectivity index (χ3n) is 1.91. The Morgan fingerprint density at radius 3 is 2.47 bits per heavy atom. The molecule has 1 aromatic rings. The standard InChI is InChI=1S/C9H14N2O3S/c1-11(2)15(13,14)10-9-6-4-3-5-8(9)7-12/h3-6,10,12H,7H2,1-2H3. The summed E-state index contributed by atoms with van der Waals surface area (Å²) in [7, 11) is -0.643. The highest BCUT2D eigenvalue weighted by atomic mass is 32.2. The van der Waals surface area contributed by atoms with Crippen molar-refractivity contribution in [3.8, 4) is 0 Å². The molecule has 84 valence electrons. The molecular weight excluding hydrogens is 216 g/mol. The largest absolute Gasteiger partial charge is 0.392 e. The molecule has 0 aromatic heterocycles. The van der Waals surface area contributed by atoms with E-state index >= 15 is 0 Å². The van der Waals surface area contributed by atoms with Crippen molar-refractivity contribution in [1.82, 2.24) is 4.31 Å². The minimum atomic E-state index is -3.51. The van der Waals surface area contributed by atoms with Crippen LogP contribution in [0.5, 0.6) is 0 Å². The molecule has 0 aliphatic rings. The first-order chi connectivity index (χ1) is 6.97. The Bertz CT molecular complexity index is 429. The summed E-state index contributed by atoms with van der Waals surface area (Å²) < 4.78 is 26.4. The lowest BCUT2D eigenvalue weighted by Crippen LogP contribution is -2.29. The number of hydrogen-bond donors (Lipinski definition) is 2. The average molecular weight is 230 g/mol. The van der Waals surface area contributed by atoms with Gasteiger partial charge in [-0.3, -0.25) is 4.72 Å². The van der Waals surface area contributed by atoms with Crippen molar-refractivity contribution in [2.75, 3.05) is 18.8 Å². The van der Waals surface area contributed by atoms with Gasteiger partial charge in [0.25, 0.3) is 0 Å². The molecule has 0 saturated heterocycles. The van der Waals surface area contributed by atoms with E-state index in [0.717, 1.165) is 4.31 Å². The topological polar surface area (TPSA) is 69.6 Å². The SMILES string of the molecule is CN(C)S(=O)(=O)Nc1ccccc1CO. The molecule has 0 atom stereocenters. The molecule has 0 amide bonds. The minimum absolute atomic E-state index is 0.202. The fraction of sp³-hybridized carbons (Fsp3) is 0.333. The Labute approximate surface area is 89.5 Å². The maximum atomic E-state index is 11.5. The molecule has 2 N–H and O–H groups in total. The van der Waals surface area contributed by atoms with Crippen LogP contribution in [0.1, 0.15) is 5.56 Å². The number of nitrogens with one attached hydrogen (secondary N) is 1. The van der Waals surface area contributed by atoms with Crippen molar-refractivity contribution in [3.05, 3.63) is 29.8 Å². The Kier molecular flexibility index (Phi) is 3.67. The lowest BCUT2D eigenvalue weighted by Gasteiger charge is -2.15. The van der Waals surface area contributed by atoms with Crippen LogP contribution in [0.4, 0.5) is 5.69 Å². The van der Waals surface area contributed by atoms with Crippen LogP contribution in [-0.4, -0.2) is 31.9 Å². The Hall–Kier alpha value is -1.11. The highest BCUT2D eigenvalue weighted by molar-refractivity contribution is 7.90. The molecule has 1 rings (SSSR count). The van der Waals surface area contributed by atoms with E-state index in [-0.39, 0.29) is 6.61 Å². The summed E-state index contributed by atoms with van der Waals surface area (Å²) in [6, 6.07) is 6.70. The van der Waals surface area contributed by atoms with Gasteiger partial charge in [-0.2, -0.15) is 12.7 Å². The van der Waals surface area contributed by atoms with Crippen LogP contribution in [0.3, 0.4) is 0 Å². The van der Waals surface area contributed by atoms with Crippen molar-refractivity contribution < 1.29 is 13.5 Å². The number of rotatable bonds is 4. The number of aliphatic hydroxyl groups excluding tert-OH is 1. The number of para-hydroxylation sites is 1. The van der Waals surface area contributed by atoms with Crippen molar-refractivity contribution >= 4 is 15.9 Å². The van der Waals surface area contributed by atoms with Crippen LogP contribution in [0.2, 0.25) is 0 Å². The van der Waals surface area contributed by atoms with E-state index in [1.807, 2.05) is 0 Å². The molecule has 0 unspecified atom stereocenters. The predicted octanol–water partition coefficient (Wildman–Crippen LogP) is 0.397. The van der Waals surface area contributed by atoms with Crippen molar-refractivity contribution in [2.45, 2.75) is 6.61 Å². The number of benzene rings is 1. The van der Waals surface area contributed by atoms with E-state index in [4.69, 9.17) is 5.11 Å². The normalized spacial score (nSPS) is 11.7. The minimum Gasteiger partial charge on any atom is -0.392 e. The summed E-state index contributed by atoms with van der Waals surface area (Å²) in [5, 5.41) is 9.01. The zero-order valence-corrected chi connectivity index (χ0v) is 9.45. The highest BCUT2D eigenvalue weighted by Gasteiger charge is 2.14. The second kappa shape index (κ2) is 4.61. The molecule has 15 heavy (non-hydrogen) atoms. The Morgan fingerprint density at radius 1 is 1.33 bits per heavy atom. The first-order valence-corrected chi connectivity index (χ1v) is 5.80. The third-order valence-corrected chi connectivity index (χ3v) is 3.35. The number of aliphatic hydroxyl groups is 1. The summed E-state index contributed by atoms with van der Waals surface area (Å²) in [6.45, 7) is -0.202. The molecule has 5 nitrogen and oxygen atoms in total. The van der Waals surface area contributed by atoms with Gasteiger partial charge in [-0.25, -0.2) is 0 Å². The third kappa shape index (κ3) is 2.92. The van der Waals surface area contributed by atoms with Crippen molar-refractivity contribution in [2.24, 2.45) is 0 Å². The fourth-order valence-electron chi connectivity index (χ4n) is 0.988. The first kappa shape index (κ1) is 12.0. The first-order valence-electron chi connectivity index (χ1n) is 4.36. The van der Waals surface area contributed by atoms with Gasteiger partial charge in [0.1, 0.15) is 0 Å². The second-order valence-corrected chi connectivity index (χ2v) is 5.09. The molecule has 0 aliphatic heterocycles. The molecule has 0 bridgehead atoms.